The van der Waals surface area contributed by atoms with Crippen molar-refractivity contribution in [1.29, 1.82) is 0 Å². The summed E-state index contributed by atoms with van der Waals surface area (Å²) in [5.74, 6) is 1.16. The molecular formula is C13H17N5O2. The summed E-state index contributed by atoms with van der Waals surface area (Å²) in [4.78, 5) is 26.0. The molecule has 0 saturated carbocycles. The first-order valence-corrected chi connectivity index (χ1v) is 6.70. The minimum atomic E-state index is -0.198. The monoisotopic (exact) mass is 275 g/mol. The Bertz CT molecular complexity index is 625. The van der Waals surface area contributed by atoms with E-state index in [2.05, 4.69) is 20.1 Å². The molecule has 1 aliphatic heterocycles. The van der Waals surface area contributed by atoms with Crippen molar-refractivity contribution in [1.82, 2.24) is 25.0 Å². The van der Waals surface area contributed by atoms with Crippen molar-refractivity contribution >= 4 is 5.91 Å². The summed E-state index contributed by atoms with van der Waals surface area (Å²) in [5.41, 5.74) is 2.00. The lowest BCUT2D eigenvalue weighted by atomic mass is 10.2. The van der Waals surface area contributed by atoms with Gasteiger partial charge in [0, 0.05) is 19.2 Å². The molecule has 3 heterocycles. The normalized spacial score (nSPS) is 18.8. The molecule has 1 aliphatic rings. The van der Waals surface area contributed by atoms with E-state index in [1.165, 1.54) is 0 Å². The van der Waals surface area contributed by atoms with Gasteiger partial charge in [-0.25, -0.2) is 4.98 Å². The number of hydrogen-bond acceptors (Lipinski definition) is 5. The Labute approximate surface area is 116 Å². The molecular weight excluding hydrogens is 258 g/mol. The van der Waals surface area contributed by atoms with Gasteiger partial charge in [0.2, 0.25) is 5.89 Å². The van der Waals surface area contributed by atoms with E-state index in [4.69, 9.17) is 4.52 Å². The van der Waals surface area contributed by atoms with Crippen LogP contribution in [0.5, 0.6) is 0 Å². The Kier molecular flexibility index (Phi) is 3.04. The van der Waals surface area contributed by atoms with E-state index in [0.29, 0.717) is 12.4 Å². The number of amides is 1. The van der Waals surface area contributed by atoms with Gasteiger partial charge in [-0.15, -0.1) is 0 Å². The van der Waals surface area contributed by atoms with E-state index in [1.54, 1.807) is 11.8 Å². The van der Waals surface area contributed by atoms with E-state index < -0.39 is 0 Å². The highest BCUT2D eigenvalue weighted by atomic mass is 16.5. The highest BCUT2D eigenvalue weighted by Crippen LogP contribution is 2.31. The molecule has 7 heteroatoms. The number of nitrogens with zero attached hydrogens (tertiary/aromatic N) is 4. The molecule has 1 fully saturated rings. The summed E-state index contributed by atoms with van der Waals surface area (Å²) in [7, 11) is 0. The molecule has 3 rings (SSSR count). The van der Waals surface area contributed by atoms with Crippen molar-refractivity contribution in [3.63, 3.8) is 0 Å². The van der Waals surface area contributed by atoms with Gasteiger partial charge >= 0.3 is 0 Å². The van der Waals surface area contributed by atoms with Gasteiger partial charge in [-0.1, -0.05) is 5.16 Å². The van der Waals surface area contributed by atoms with Crippen molar-refractivity contribution in [3.05, 3.63) is 28.9 Å². The molecule has 1 amide bonds. The summed E-state index contributed by atoms with van der Waals surface area (Å²) >= 11 is 0. The standard InChI is InChI=1S/C13H17N5O2/c1-7-8(2)15-11(14-7)10-5-4-6-18(10)13(19)12-16-9(3)20-17-12/h10H,4-6H2,1-3H3,(H,14,15). The van der Waals surface area contributed by atoms with Crippen LogP contribution in [0.3, 0.4) is 0 Å². The first-order valence-electron chi connectivity index (χ1n) is 6.70. The van der Waals surface area contributed by atoms with Gasteiger partial charge in [0.15, 0.2) is 0 Å². The SMILES string of the molecule is Cc1nc(C(=O)N2CCCC2c2nc(C)c(C)[nH]2)no1. The molecule has 1 N–H and O–H groups in total. The molecule has 2 aromatic heterocycles. The van der Waals surface area contributed by atoms with E-state index in [9.17, 15) is 4.79 Å². The Morgan fingerprint density at radius 2 is 2.15 bits per heavy atom. The van der Waals surface area contributed by atoms with Crippen LogP contribution in [0.15, 0.2) is 4.52 Å². The van der Waals surface area contributed by atoms with E-state index in [1.807, 2.05) is 13.8 Å². The molecule has 0 radical (unpaired) electrons. The Balaban J connectivity index is 1.87. The number of nitrogens with one attached hydrogen (secondary N) is 1. The smallest absolute Gasteiger partial charge is 0.295 e. The van der Waals surface area contributed by atoms with Crippen molar-refractivity contribution in [3.8, 4) is 0 Å². The maximum absolute atomic E-state index is 12.4. The molecule has 1 unspecified atom stereocenters. The maximum atomic E-state index is 12.4. The number of aryl methyl sites for hydroxylation is 3. The molecule has 0 spiro atoms. The number of aromatic nitrogens is 4. The number of rotatable bonds is 2. The average molecular weight is 275 g/mol. The van der Waals surface area contributed by atoms with Crippen LogP contribution >= 0.6 is 0 Å². The first kappa shape index (κ1) is 12.8. The molecule has 2 aromatic rings. The van der Waals surface area contributed by atoms with Gasteiger partial charge in [-0.2, -0.15) is 4.98 Å². The lowest BCUT2D eigenvalue weighted by Crippen LogP contribution is -2.31. The third kappa shape index (κ3) is 2.09. The second-order valence-electron chi connectivity index (χ2n) is 5.13. The number of imidazole rings is 1. The van der Waals surface area contributed by atoms with Gasteiger partial charge in [-0.05, 0) is 26.7 Å². The number of hydrogen-bond donors (Lipinski definition) is 1. The summed E-state index contributed by atoms with van der Waals surface area (Å²) in [5, 5.41) is 3.70. The average Bonchev–Trinajstić information content (AvgIpc) is 3.10. The summed E-state index contributed by atoms with van der Waals surface area (Å²) in [6.07, 6.45) is 1.85. The molecule has 0 aliphatic carbocycles. The van der Waals surface area contributed by atoms with Gasteiger partial charge in [-0.3, -0.25) is 4.79 Å². The van der Waals surface area contributed by atoms with E-state index in [-0.39, 0.29) is 17.8 Å². The predicted molar refractivity (Wildman–Crippen MR) is 70.1 cm³/mol. The molecule has 1 saturated heterocycles. The minimum absolute atomic E-state index is 0.0336. The maximum Gasteiger partial charge on any atom is 0.295 e. The molecule has 0 bridgehead atoms. The lowest BCUT2D eigenvalue weighted by Gasteiger charge is -2.21. The summed E-state index contributed by atoms with van der Waals surface area (Å²) < 4.78 is 4.88. The van der Waals surface area contributed by atoms with Crippen molar-refractivity contribution in [2.24, 2.45) is 0 Å². The van der Waals surface area contributed by atoms with Crippen LogP contribution < -0.4 is 0 Å². The van der Waals surface area contributed by atoms with Gasteiger partial charge < -0.3 is 14.4 Å². The quantitative estimate of drug-likeness (QED) is 0.901. The Morgan fingerprint density at radius 3 is 2.75 bits per heavy atom. The highest BCUT2D eigenvalue weighted by Gasteiger charge is 2.34. The van der Waals surface area contributed by atoms with Crippen LogP contribution in [0.4, 0.5) is 0 Å². The van der Waals surface area contributed by atoms with Crippen LogP contribution in [0.2, 0.25) is 0 Å². The van der Waals surface area contributed by atoms with Crippen LogP contribution in [0.25, 0.3) is 0 Å². The van der Waals surface area contributed by atoms with Crippen LogP contribution in [-0.2, 0) is 0 Å². The molecule has 20 heavy (non-hydrogen) atoms. The largest absolute Gasteiger partial charge is 0.344 e. The summed E-state index contributed by atoms with van der Waals surface area (Å²) in [6.45, 7) is 6.30. The predicted octanol–water partition coefficient (Wildman–Crippen LogP) is 1.70. The minimum Gasteiger partial charge on any atom is -0.344 e. The zero-order valence-corrected chi connectivity index (χ0v) is 11.8. The molecule has 106 valence electrons. The molecule has 7 nitrogen and oxygen atoms in total. The summed E-state index contributed by atoms with van der Waals surface area (Å²) in [6, 6.07) is -0.0336. The zero-order chi connectivity index (χ0) is 14.3. The number of carbonyl (C=O) groups is 1. The van der Waals surface area contributed by atoms with Gasteiger partial charge in [0.05, 0.1) is 11.7 Å². The Morgan fingerprint density at radius 1 is 1.35 bits per heavy atom. The van der Waals surface area contributed by atoms with Crippen LogP contribution in [0.1, 0.15) is 52.6 Å². The third-order valence-corrected chi connectivity index (χ3v) is 3.69. The fourth-order valence-electron chi connectivity index (χ4n) is 2.54. The van der Waals surface area contributed by atoms with Crippen molar-refractivity contribution in [2.45, 2.75) is 39.7 Å². The number of aromatic amines is 1. The fourth-order valence-corrected chi connectivity index (χ4v) is 2.54. The second kappa shape index (κ2) is 4.73. The molecule has 1 atom stereocenters. The van der Waals surface area contributed by atoms with Crippen LogP contribution in [0, 0.1) is 20.8 Å². The number of carbonyl (C=O) groups excluding carboxylic acids is 1. The van der Waals surface area contributed by atoms with E-state index >= 15 is 0 Å². The van der Waals surface area contributed by atoms with E-state index in [0.717, 1.165) is 30.1 Å². The van der Waals surface area contributed by atoms with Gasteiger partial charge in [0.1, 0.15) is 5.82 Å². The lowest BCUT2D eigenvalue weighted by molar-refractivity contribution is 0.0714. The highest BCUT2D eigenvalue weighted by molar-refractivity contribution is 5.90. The fraction of sp³-hybridized carbons (Fsp3) is 0.538. The zero-order valence-electron chi connectivity index (χ0n) is 11.8. The molecule has 0 aromatic carbocycles. The topological polar surface area (TPSA) is 87.9 Å². The van der Waals surface area contributed by atoms with Gasteiger partial charge in [0.25, 0.3) is 11.7 Å². The first-order chi connectivity index (χ1) is 9.56. The van der Waals surface area contributed by atoms with Crippen molar-refractivity contribution in [2.75, 3.05) is 6.54 Å². The Hall–Kier alpha value is -2.18. The van der Waals surface area contributed by atoms with Crippen molar-refractivity contribution < 1.29 is 9.32 Å². The third-order valence-electron chi connectivity index (χ3n) is 3.69. The van der Waals surface area contributed by atoms with Crippen LogP contribution in [-0.4, -0.2) is 37.5 Å². The second-order valence-corrected chi connectivity index (χ2v) is 5.13. The number of likely N-dealkylation sites (tertiary alicyclic amines) is 1. The number of H-pyrrole nitrogens is 1.